The molecule has 2 aliphatic carbocycles. The fourth-order valence-electron chi connectivity index (χ4n) is 6.26. The molecule has 0 spiro atoms. The normalized spacial score (nSPS) is 23.5. The third kappa shape index (κ3) is 7.81. The molecule has 3 aromatic rings. The standard InChI is InChI=1S/C37H43ClN6O7S2/c1-6-36(15-16-36)53(48,49)43-34(46)37-20-23(37)11-9-7-8-10-17-44(4)35(47)41-25(32(45)42-37)14-18-51-29-19-26(33-40-27(21-52-33)22(2)3)39-31-24(29)12-13-28(50-5)30(31)38/h1,9,11-13,19,21-23,25H,7-8,10,14-18,20H2,2-5H3,(H,41,47)(H,42,45)(H,43,46)/b11-9-. The molecule has 282 valence electrons. The minimum Gasteiger partial charge on any atom is -0.495 e. The number of sulfonamides is 1. The number of allylic oxidation sites excluding steroid dienone is 1. The number of terminal acetylenes is 1. The van der Waals surface area contributed by atoms with E-state index in [0.717, 1.165) is 18.5 Å². The lowest BCUT2D eigenvalue weighted by molar-refractivity contribution is -0.130. The van der Waals surface area contributed by atoms with Crippen molar-refractivity contribution < 1.29 is 32.3 Å². The smallest absolute Gasteiger partial charge is 0.317 e. The molecule has 1 aromatic carbocycles. The zero-order valence-electron chi connectivity index (χ0n) is 30.0. The Bertz CT molecular complexity index is 2110. The summed E-state index contributed by atoms with van der Waals surface area (Å²) < 4.78 is 38.7. The number of amides is 4. The number of aromatic nitrogens is 2. The summed E-state index contributed by atoms with van der Waals surface area (Å²) in [5, 5.41) is 9.15. The molecular formula is C37H43ClN6O7S2. The number of benzene rings is 1. The Balaban J connectivity index is 1.27. The van der Waals surface area contributed by atoms with Crippen LogP contribution in [0, 0.1) is 18.3 Å². The highest BCUT2D eigenvalue weighted by Gasteiger charge is 2.63. The van der Waals surface area contributed by atoms with Crippen LogP contribution in [0.2, 0.25) is 5.02 Å². The first-order valence-electron chi connectivity index (χ1n) is 17.5. The average molecular weight is 783 g/mol. The van der Waals surface area contributed by atoms with Crippen molar-refractivity contribution in [1.29, 1.82) is 0 Å². The number of hydrogen-bond donors (Lipinski definition) is 3. The molecule has 53 heavy (non-hydrogen) atoms. The van der Waals surface area contributed by atoms with Gasteiger partial charge in [0.25, 0.3) is 15.9 Å². The number of nitrogens with zero attached hydrogens (tertiary/aromatic N) is 3. The molecule has 3 N–H and O–H groups in total. The Morgan fingerprint density at radius 3 is 2.68 bits per heavy atom. The van der Waals surface area contributed by atoms with E-state index < -0.39 is 50.1 Å². The van der Waals surface area contributed by atoms with Gasteiger partial charge in [-0.2, -0.15) is 0 Å². The van der Waals surface area contributed by atoms with E-state index >= 15 is 0 Å². The van der Waals surface area contributed by atoms with Crippen molar-refractivity contribution in [2.24, 2.45) is 5.92 Å². The second-order valence-corrected chi connectivity index (χ2v) is 17.3. The minimum atomic E-state index is -4.20. The molecular weight excluding hydrogens is 740 g/mol. The molecule has 16 heteroatoms. The van der Waals surface area contributed by atoms with Crippen LogP contribution in [-0.2, 0) is 19.6 Å². The predicted octanol–water partition coefficient (Wildman–Crippen LogP) is 5.15. The summed E-state index contributed by atoms with van der Waals surface area (Å²) >= 11 is 8.17. The summed E-state index contributed by atoms with van der Waals surface area (Å²) in [6, 6.07) is 3.62. The van der Waals surface area contributed by atoms with Gasteiger partial charge in [-0.1, -0.05) is 43.5 Å². The van der Waals surface area contributed by atoms with E-state index in [0.29, 0.717) is 51.1 Å². The van der Waals surface area contributed by atoms with E-state index in [4.69, 9.17) is 37.5 Å². The molecule has 6 rings (SSSR count). The maximum Gasteiger partial charge on any atom is 0.317 e. The zero-order valence-corrected chi connectivity index (χ0v) is 32.4. The van der Waals surface area contributed by atoms with Gasteiger partial charge in [0.2, 0.25) is 5.91 Å². The first-order chi connectivity index (χ1) is 25.2. The van der Waals surface area contributed by atoms with Gasteiger partial charge in [0, 0.05) is 42.8 Å². The van der Waals surface area contributed by atoms with Crippen LogP contribution in [0.4, 0.5) is 4.79 Å². The van der Waals surface area contributed by atoms with Crippen molar-refractivity contribution in [2.75, 3.05) is 27.3 Å². The molecule has 1 aliphatic heterocycles. The summed E-state index contributed by atoms with van der Waals surface area (Å²) in [7, 11) is -1.04. The second kappa shape index (κ2) is 15.2. The Morgan fingerprint density at radius 1 is 1.23 bits per heavy atom. The van der Waals surface area contributed by atoms with Gasteiger partial charge >= 0.3 is 6.03 Å². The number of hydrogen-bond acceptors (Lipinski definition) is 10. The van der Waals surface area contributed by atoms with Crippen molar-refractivity contribution >= 4 is 61.7 Å². The molecule has 2 aromatic heterocycles. The van der Waals surface area contributed by atoms with Crippen molar-refractivity contribution in [1.82, 2.24) is 30.2 Å². The lowest BCUT2D eigenvalue weighted by Crippen LogP contribution is -2.58. The molecule has 3 aliphatic rings. The fourth-order valence-corrected chi connectivity index (χ4v) is 8.90. The molecule has 13 nitrogen and oxygen atoms in total. The Labute approximate surface area is 318 Å². The van der Waals surface area contributed by atoms with E-state index in [-0.39, 0.29) is 38.2 Å². The van der Waals surface area contributed by atoms with E-state index in [1.807, 2.05) is 17.5 Å². The minimum absolute atomic E-state index is 0.0000918. The first-order valence-corrected chi connectivity index (χ1v) is 20.3. The molecule has 0 bridgehead atoms. The summed E-state index contributed by atoms with van der Waals surface area (Å²) in [6.07, 6.45) is 12.2. The largest absolute Gasteiger partial charge is 0.495 e. The van der Waals surface area contributed by atoms with Crippen LogP contribution in [0.1, 0.15) is 70.4 Å². The third-order valence-electron chi connectivity index (χ3n) is 9.98. The number of carbonyl (C=O) groups is 3. The van der Waals surface area contributed by atoms with E-state index in [2.05, 4.69) is 35.1 Å². The fraction of sp³-hybridized carbons (Fsp3) is 0.486. The maximum absolute atomic E-state index is 14.0. The monoisotopic (exact) mass is 782 g/mol. The zero-order chi connectivity index (χ0) is 38.1. The molecule has 4 amide bonds. The number of ether oxygens (including phenoxy) is 2. The molecule has 3 atom stereocenters. The molecule has 2 saturated carbocycles. The summed E-state index contributed by atoms with van der Waals surface area (Å²) in [5.41, 5.74) is 0.365. The van der Waals surface area contributed by atoms with Crippen molar-refractivity contribution in [2.45, 2.75) is 81.0 Å². The van der Waals surface area contributed by atoms with Crippen molar-refractivity contribution in [3.63, 3.8) is 0 Å². The van der Waals surface area contributed by atoms with Gasteiger partial charge in [-0.15, -0.1) is 17.8 Å². The van der Waals surface area contributed by atoms with Crippen LogP contribution < -0.4 is 24.8 Å². The number of methoxy groups -OCH3 is 1. The van der Waals surface area contributed by atoms with Gasteiger partial charge in [-0.3, -0.25) is 9.59 Å². The third-order valence-corrected chi connectivity index (χ3v) is 13.2. The highest BCUT2D eigenvalue weighted by Crippen LogP contribution is 2.47. The first kappa shape index (κ1) is 38.3. The average Bonchev–Trinajstić information content (AvgIpc) is 4.02. The Kier molecular flexibility index (Phi) is 11.0. The summed E-state index contributed by atoms with van der Waals surface area (Å²) in [6.45, 7) is 4.54. The van der Waals surface area contributed by atoms with Crippen LogP contribution in [0.25, 0.3) is 21.6 Å². The number of pyridine rings is 1. The number of carbonyl (C=O) groups excluding carboxylic acids is 3. The SMILES string of the molecule is C#CC1(S(=O)(=O)NC(=O)C23CC2/C=C\CCCCN(C)C(=O)NC(CCOc2cc(-c4nc(C(C)C)cs4)nc4c(Cl)c(OC)ccc24)C(=O)N3)CC1. The van der Waals surface area contributed by atoms with Gasteiger partial charge in [-0.25, -0.2) is 27.9 Å². The molecule has 0 saturated heterocycles. The van der Waals surface area contributed by atoms with Crippen LogP contribution in [0.5, 0.6) is 11.5 Å². The highest BCUT2D eigenvalue weighted by molar-refractivity contribution is 7.92. The molecule has 2 fully saturated rings. The van der Waals surface area contributed by atoms with Gasteiger partial charge in [0.05, 0.1) is 24.9 Å². The Hall–Kier alpha value is -4.39. The molecule has 3 unspecified atom stereocenters. The van der Waals surface area contributed by atoms with Gasteiger partial charge in [0.1, 0.15) is 38.8 Å². The lowest BCUT2D eigenvalue weighted by Gasteiger charge is -2.26. The number of thiazole rings is 1. The quantitative estimate of drug-likeness (QED) is 0.186. The lowest BCUT2D eigenvalue weighted by atomic mass is 10.1. The second-order valence-electron chi connectivity index (χ2n) is 14.0. The highest BCUT2D eigenvalue weighted by atomic mass is 35.5. The number of nitrogens with one attached hydrogen (secondary N) is 3. The molecule has 3 heterocycles. The van der Waals surface area contributed by atoms with E-state index in [1.165, 1.54) is 23.3 Å². The number of rotatable bonds is 10. The van der Waals surface area contributed by atoms with E-state index in [9.17, 15) is 22.8 Å². The van der Waals surface area contributed by atoms with Gasteiger partial charge in [-0.05, 0) is 56.6 Å². The summed E-state index contributed by atoms with van der Waals surface area (Å²) in [4.78, 5) is 52.1. The van der Waals surface area contributed by atoms with Gasteiger partial charge in [0.15, 0.2) is 4.75 Å². The predicted molar refractivity (Wildman–Crippen MR) is 203 cm³/mol. The van der Waals surface area contributed by atoms with Crippen LogP contribution >= 0.6 is 22.9 Å². The number of urea groups is 1. The van der Waals surface area contributed by atoms with Crippen LogP contribution in [0.3, 0.4) is 0 Å². The molecule has 0 radical (unpaired) electrons. The number of halogens is 1. The number of fused-ring (bicyclic) bond motifs is 2. The van der Waals surface area contributed by atoms with Crippen molar-refractivity contribution in [3.8, 4) is 34.5 Å². The van der Waals surface area contributed by atoms with Crippen LogP contribution in [0.15, 0.2) is 35.7 Å². The van der Waals surface area contributed by atoms with Gasteiger partial charge < -0.3 is 25.0 Å². The maximum atomic E-state index is 14.0. The topological polar surface area (TPSA) is 169 Å². The van der Waals surface area contributed by atoms with Crippen LogP contribution in [-0.4, -0.2) is 84.8 Å². The Morgan fingerprint density at radius 2 is 2.00 bits per heavy atom. The van der Waals surface area contributed by atoms with E-state index in [1.54, 1.807) is 25.2 Å². The van der Waals surface area contributed by atoms with Crippen molar-refractivity contribution in [3.05, 3.63) is 46.4 Å². The summed E-state index contributed by atoms with van der Waals surface area (Å²) in [5.74, 6) is 1.41.